The van der Waals surface area contributed by atoms with E-state index in [1.165, 1.54) is 12.1 Å². The summed E-state index contributed by atoms with van der Waals surface area (Å²) >= 11 is 0. The summed E-state index contributed by atoms with van der Waals surface area (Å²) in [4.78, 5) is 27.9. The molecule has 2 aromatic carbocycles. The van der Waals surface area contributed by atoms with Gasteiger partial charge in [0.25, 0.3) is 5.91 Å². The van der Waals surface area contributed by atoms with E-state index in [2.05, 4.69) is 10.4 Å². The smallest absolute Gasteiger partial charge is 0.279 e. The molecule has 1 aliphatic heterocycles. The highest BCUT2D eigenvalue weighted by Gasteiger charge is 2.31. The molecule has 3 aromatic rings. The Kier molecular flexibility index (Phi) is 4.92. The number of piperazine rings is 1. The molecule has 1 saturated heterocycles. The van der Waals surface area contributed by atoms with Crippen molar-refractivity contribution < 1.29 is 9.18 Å². The lowest BCUT2D eigenvalue weighted by molar-refractivity contribution is 0.0624. The van der Waals surface area contributed by atoms with E-state index in [0.717, 1.165) is 0 Å². The fourth-order valence-electron chi connectivity index (χ4n) is 3.71. The number of nitrogens with one attached hydrogen (secondary N) is 1. The van der Waals surface area contributed by atoms with E-state index in [9.17, 15) is 14.0 Å². The molecule has 0 aliphatic carbocycles. The van der Waals surface area contributed by atoms with Crippen LogP contribution in [0.3, 0.4) is 0 Å². The van der Waals surface area contributed by atoms with Crippen molar-refractivity contribution in [2.75, 3.05) is 19.6 Å². The van der Waals surface area contributed by atoms with Crippen LogP contribution in [0, 0.1) is 5.82 Å². The monoisotopic (exact) mass is 380 g/mol. The molecule has 1 aromatic heterocycles. The van der Waals surface area contributed by atoms with Crippen molar-refractivity contribution in [3.8, 4) is 0 Å². The molecule has 0 bridgehead atoms. The van der Waals surface area contributed by atoms with E-state index in [-0.39, 0.29) is 23.0 Å². The van der Waals surface area contributed by atoms with E-state index in [0.29, 0.717) is 42.6 Å². The van der Waals surface area contributed by atoms with Crippen LogP contribution >= 0.6 is 0 Å². The molecule has 28 heavy (non-hydrogen) atoms. The van der Waals surface area contributed by atoms with E-state index in [1.54, 1.807) is 33.8 Å². The Labute approximate surface area is 161 Å². The predicted molar refractivity (Wildman–Crippen MR) is 105 cm³/mol. The molecule has 4 rings (SSSR count). The Morgan fingerprint density at radius 2 is 2.07 bits per heavy atom. The summed E-state index contributed by atoms with van der Waals surface area (Å²) in [6, 6.07) is 13.0. The lowest BCUT2D eigenvalue weighted by Crippen LogP contribution is -2.50. The maximum atomic E-state index is 13.7. The minimum absolute atomic E-state index is 0.0937. The van der Waals surface area contributed by atoms with Crippen molar-refractivity contribution >= 4 is 16.8 Å². The molecule has 1 unspecified atom stereocenters. The standard InChI is InChI=1S/C21H21FN4O2/c1-2-26-17-9-4-3-8-16(17)20(27)19(24-26)21(28)25-11-10-23-13-18(25)14-6-5-7-15(22)12-14/h3-9,12,18,23H,2,10-11,13H2,1H3. The number of rotatable bonds is 3. The topological polar surface area (TPSA) is 67.2 Å². The minimum atomic E-state index is -0.422. The zero-order valence-electron chi connectivity index (χ0n) is 15.6. The number of aromatic nitrogens is 2. The van der Waals surface area contributed by atoms with E-state index < -0.39 is 5.91 Å². The van der Waals surface area contributed by atoms with Crippen LogP contribution in [-0.4, -0.2) is 40.2 Å². The lowest BCUT2D eigenvalue weighted by Gasteiger charge is -2.36. The van der Waals surface area contributed by atoms with Crippen LogP contribution in [0.5, 0.6) is 0 Å². The van der Waals surface area contributed by atoms with Crippen molar-refractivity contribution in [3.63, 3.8) is 0 Å². The number of aryl methyl sites for hydroxylation is 1. The quantitative estimate of drug-likeness (QED) is 0.757. The molecule has 1 aliphatic rings. The largest absolute Gasteiger partial charge is 0.328 e. The Balaban J connectivity index is 1.79. The van der Waals surface area contributed by atoms with Crippen molar-refractivity contribution in [1.29, 1.82) is 0 Å². The second-order valence-electron chi connectivity index (χ2n) is 6.78. The van der Waals surface area contributed by atoms with Gasteiger partial charge in [0.05, 0.1) is 11.6 Å². The van der Waals surface area contributed by atoms with Crippen LogP contribution < -0.4 is 10.7 Å². The minimum Gasteiger partial charge on any atom is -0.328 e. The number of fused-ring (bicyclic) bond motifs is 1. The molecule has 1 amide bonds. The van der Waals surface area contributed by atoms with Gasteiger partial charge in [-0.25, -0.2) is 4.39 Å². The lowest BCUT2D eigenvalue weighted by atomic mass is 10.0. The highest BCUT2D eigenvalue weighted by molar-refractivity contribution is 5.95. The first-order chi connectivity index (χ1) is 13.6. The molecule has 7 heteroatoms. The molecule has 144 valence electrons. The Bertz CT molecular complexity index is 1100. The number of halogens is 1. The number of carbonyl (C=O) groups excluding carboxylic acids is 1. The van der Waals surface area contributed by atoms with Gasteiger partial charge in [-0.2, -0.15) is 5.10 Å². The van der Waals surface area contributed by atoms with Crippen molar-refractivity contribution in [3.05, 3.63) is 75.8 Å². The van der Waals surface area contributed by atoms with E-state index in [4.69, 9.17) is 0 Å². The molecule has 2 heterocycles. The second-order valence-corrected chi connectivity index (χ2v) is 6.78. The third kappa shape index (κ3) is 3.18. The van der Waals surface area contributed by atoms with Crippen molar-refractivity contribution in [1.82, 2.24) is 20.0 Å². The predicted octanol–water partition coefficient (Wildman–Crippen LogP) is 2.34. The van der Waals surface area contributed by atoms with Crippen LogP contribution in [0.15, 0.2) is 53.3 Å². The fourth-order valence-corrected chi connectivity index (χ4v) is 3.71. The van der Waals surface area contributed by atoms with Crippen LogP contribution in [0.1, 0.15) is 29.0 Å². The summed E-state index contributed by atoms with van der Waals surface area (Å²) in [5, 5.41) is 8.07. The highest BCUT2D eigenvalue weighted by Crippen LogP contribution is 2.24. The number of nitrogens with zero attached hydrogens (tertiary/aromatic N) is 3. The molecular weight excluding hydrogens is 359 g/mol. The van der Waals surface area contributed by atoms with Gasteiger partial charge in [0, 0.05) is 31.6 Å². The summed E-state index contributed by atoms with van der Waals surface area (Å²) in [6.07, 6.45) is 0. The first kappa shape index (κ1) is 18.3. The van der Waals surface area contributed by atoms with Crippen LogP contribution in [0.2, 0.25) is 0 Å². The molecular formula is C21H21FN4O2. The van der Waals surface area contributed by atoms with E-state index in [1.807, 2.05) is 19.1 Å². The van der Waals surface area contributed by atoms with Gasteiger partial charge in [-0.05, 0) is 36.8 Å². The van der Waals surface area contributed by atoms with Gasteiger partial charge in [0.2, 0.25) is 5.43 Å². The number of benzene rings is 2. The first-order valence-electron chi connectivity index (χ1n) is 9.37. The zero-order chi connectivity index (χ0) is 19.7. The molecule has 0 radical (unpaired) electrons. The number of hydrogen-bond donors (Lipinski definition) is 1. The van der Waals surface area contributed by atoms with Gasteiger partial charge in [-0.1, -0.05) is 24.3 Å². The average molecular weight is 380 g/mol. The van der Waals surface area contributed by atoms with Gasteiger partial charge in [-0.15, -0.1) is 0 Å². The molecule has 1 N–H and O–H groups in total. The van der Waals surface area contributed by atoms with Crippen LogP contribution in [0.25, 0.3) is 10.9 Å². The molecule has 6 nitrogen and oxygen atoms in total. The summed E-state index contributed by atoms with van der Waals surface area (Å²) in [5.41, 5.74) is 0.927. The average Bonchev–Trinajstić information content (AvgIpc) is 2.74. The van der Waals surface area contributed by atoms with Gasteiger partial charge in [0.1, 0.15) is 5.82 Å². The molecule has 0 saturated carbocycles. The Hall–Kier alpha value is -3.06. The van der Waals surface area contributed by atoms with Gasteiger partial charge in [0.15, 0.2) is 5.69 Å². The normalized spacial score (nSPS) is 17.1. The summed E-state index contributed by atoms with van der Waals surface area (Å²) < 4.78 is 15.4. The van der Waals surface area contributed by atoms with Gasteiger partial charge < -0.3 is 10.2 Å². The highest BCUT2D eigenvalue weighted by atomic mass is 19.1. The second kappa shape index (κ2) is 7.52. The zero-order valence-corrected chi connectivity index (χ0v) is 15.6. The van der Waals surface area contributed by atoms with Crippen LogP contribution in [0.4, 0.5) is 4.39 Å². The van der Waals surface area contributed by atoms with Crippen molar-refractivity contribution in [2.24, 2.45) is 0 Å². The number of carbonyl (C=O) groups is 1. The maximum absolute atomic E-state index is 13.7. The molecule has 0 spiro atoms. The molecule has 1 atom stereocenters. The number of hydrogen-bond acceptors (Lipinski definition) is 4. The van der Waals surface area contributed by atoms with Crippen LogP contribution in [-0.2, 0) is 6.54 Å². The summed E-state index contributed by atoms with van der Waals surface area (Å²) in [6.45, 7) is 3.96. The van der Waals surface area contributed by atoms with E-state index >= 15 is 0 Å². The van der Waals surface area contributed by atoms with Crippen molar-refractivity contribution in [2.45, 2.75) is 19.5 Å². The third-order valence-corrected chi connectivity index (χ3v) is 5.10. The maximum Gasteiger partial charge on any atom is 0.279 e. The SMILES string of the molecule is CCn1nc(C(=O)N2CCNCC2c2cccc(F)c2)c(=O)c2ccccc21. The van der Waals surface area contributed by atoms with Gasteiger partial charge in [-0.3, -0.25) is 14.3 Å². The Morgan fingerprint density at radius 1 is 1.25 bits per heavy atom. The summed E-state index contributed by atoms with van der Waals surface area (Å²) in [5.74, 6) is -0.777. The number of para-hydroxylation sites is 1. The number of amides is 1. The van der Waals surface area contributed by atoms with Gasteiger partial charge >= 0.3 is 0 Å². The summed E-state index contributed by atoms with van der Waals surface area (Å²) in [7, 11) is 0. The Morgan fingerprint density at radius 3 is 2.86 bits per heavy atom. The third-order valence-electron chi connectivity index (χ3n) is 5.10. The first-order valence-corrected chi connectivity index (χ1v) is 9.37. The molecule has 1 fully saturated rings. The fraction of sp³-hybridized carbons (Fsp3) is 0.286.